The molecule has 58 heavy (non-hydrogen) atoms. The minimum absolute atomic E-state index is 0.346. The number of aromatic nitrogens is 3. The lowest BCUT2D eigenvalue weighted by Crippen LogP contribution is -2.48. The van der Waals surface area contributed by atoms with E-state index in [0.717, 1.165) is 74.5 Å². The van der Waals surface area contributed by atoms with Crippen LogP contribution in [-0.4, -0.2) is 15.0 Å². The van der Waals surface area contributed by atoms with Crippen molar-refractivity contribution in [2.24, 2.45) is 35.5 Å². The SMILES string of the molecule is N#Cc1cccc(-c2cc(-c3ccccc3)cc(-c3nc(-c4ccc(C56CC7CC(CC(C7)C5)C6)cc4)nc(-c4ccc(C56CC7CC(CC(C7)C5)C6)cc4)n3)c2)c1. The highest BCUT2D eigenvalue weighted by Gasteiger charge is 2.52. The summed E-state index contributed by atoms with van der Waals surface area (Å²) in [7, 11) is 0. The Morgan fingerprint density at radius 1 is 0.379 bits per heavy atom. The number of hydrogen-bond acceptors (Lipinski definition) is 4. The van der Waals surface area contributed by atoms with Crippen LogP contribution >= 0.6 is 0 Å². The van der Waals surface area contributed by atoms with Gasteiger partial charge in [0, 0.05) is 16.7 Å². The molecule has 8 fully saturated rings. The van der Waals surface area contributed by atoms with Crippen LogP contribution in [0.25, 0.3) is 56.4 Å². The van der Waals surface area contributed by atoms with Gasteiger partial charge in [0.15, 0.2) is 17.5 Å². The Hall–Kier alpha value is -5.40. The molecule has 6 aromatic rings. The van der Waals surface area contributed by atoms with Gasteiger partial charge in [0.05, 0.1) is 11.6 Å². The van der Waals surface area contributed by atoms with Gasteiger partial charge in [-0.1, -0.05) is 91.0 Å². The molecule has 8 bridgehead atoms. The fraction of sp³-hybridized carbons (Fsp3) is 0.370. The summed E-state index contributed by atoms with van der Waals surface area (Å²) in [5, 5.41) is 9.77. The molecule has 8 aliphatic carbocycles. The van der Waals surface area contributed by atoms with E-state index in [0.29, 0.717) is 33.9 Å². The highest BCUT2D eigenvalue weighted by atomic mass is 15.0. The van der Waals surface area contributed by atoms with Gasteiger partial charge in [-0.15, -0.1) is 0 Å². The van der Waals surface area contributed by atoms with Crippen molar-refractivity contribution in [3.05, 3.63) is 138 Å². The van der Waals surface area contributed by atoms with Crippen molar-refractivity contribution >= 4 is 0 Å². The molecule has 0 radical (unpaired) electrons. The maximum atomic E-state index is 9.77. The molecule has 286 valence electrons. The van der Waals surface area contributed by atoms with Crippen molar-refractivity contribution in [3.8, 4) is 62.5 Å². The van der Waals surface area contributed by atoms with E-state index < -0.39 is 0 Å². The first-order valence-corrected chi connectivity index (χ1v) is 22.1. The van der Waals surface area contributed by atoms with E-state index in [4.69, 9.17) is 15.0 Å². The molecule has 0 N–H and O–H groups in total. The van der Waals surface area contributed by atoms with E-state index in [-0.39, 0.29) is 0 Å². The second-order valence-corrected chi connectivity index (χ2v) is 19.7. The van der Waals surface area contributed by atoms with Gasteiger partial charge >= 0.3 is 0 Å². The van der Waals surface area contributed by atoms with Crippen molar-refractivity contribution in [1.29, 1.82) is 5.26 Å². The van der Waals surface area contributed by atoms with Crippen LogP contribution in [0.4, 0.5) is 0 Å². The van der Waals surface area contributed by atoms with Gasteiger partial charge in [-0.05, 0) is 187 Å². The van der Waals surface area contributed by atoms with Gasteiger partial charge in [-0.25, -0.2) is 15.0 Å². The fourth-order valence-electron chi connectivity index (χ4n) is 14.1. The van der Waals surface area contributed by atoms with Crippen molar-refractivity contribution in [2.75, 3.05) is 0 Å². The summed E-state index contributed by atoms with van der Waals surface area (Å²) in [4.78, 5) is 15.9. The number of rotatable bonds is 7. The topological polar surface area (TPSA) is 62.5 Å². The molecular weight excluding hydrogens is 705 g/mol. The van der Waals surface area contributed by atoms with Gasteiger partial charge in [-0.3, -0.25) is 0 Å². The number of nitriles is 1. The maximum absolute atomic E-state index is 9.77. The Labute approximate surface area is 342 Å². The summed E-state index contributed by atoms with van der Waals surface area (Å²) in [6.45, 7) is 0. The lowest BCUT2D eigenvalue weighted by atomic mass is 9.48. The summed E-state index contributed by atoms with van der Waals surface area (Å²) in [6, 6.07) is 46.1. The summed E-state index contributed by atoms with van der Waals surface area (Å²) < 4.78 is 0. The summed E-state index contributed by atoms with van der Waals surface area (Å²) in [5.41, 5.74) is 11.6. The number of nitrogens with zero attached hydrogens (tertiary/aromatic N) is 4. The van der Waals surface area contributed by atoms with Gasteiger partial charge < -0.3 is 0 Å². The Balaban J connectivity index is 0.970. The Kier molecular flexibility index (Phi) is 7.95. The Bertz CT molecular complexity index is 2400. The summed E-state index contributed by atoms with van der Waals surface area (Å²) in [5.74, 6) is 7.54. The minimum Gasteiger partial charge on any atom is -0.208 e. The summed E-state index contributed by atoms with van der Waals surface area (Å²) >= 11 is 0. The van der Waals surface area contributed by atoms with Crippen LogP contribution in [0.5, 0.6) is 0 Å². The van der Waals surface area contributed by atoms with Gasteiger partial charge in [0.2, 0.25) is 0 Å². The van der Waals surface area contributed by atoms with Crippen molar-refractivity contribution in [2.45, 2.75) is 87.9 Å². The van der Waals surface area contributed by atoms with Gasteiger partial charge in [-0.2, -0.15) is 5.26 Å². The third-order valence-electron chi connectivity index (χ3n) is 15.8. The quantitative estimate of drug-likeness (QED) is 0.163. The first-order chi connectivity index (χ1) is 28.4. The molecule has 0 unspecified atom stereocenters. The first-order valence-electron chi connectivity index (χ1n) is 22.1. The van der Waals surface area contributed by atoms with E-state index in [1.165, 1.54) is 88.2 Å². The normalized spacial score (nSPS) is 30.1. The third-order valence-corrected chi connectivity index (χ3v) is 15.8. The van der Waals surface area contributed by atoms with Crippen molar-refractivity contribution in [1.82, 2.24) is 15.0 Å². The van der Waals surface area contributed by atoms with Crippen LogP contribution in [0, 0.1) is 46.8 Å². The molecule has 8 aliphatic rings. The number of benzene rings is 5. The van der Waals surface area contributed by atoms with Crippen LogP contribution in [0.2, 0.25) is 0 Å². The Morgan fingerprint density at radius 3 is 1.22 bits per heavy atom. The lowest BCUT2D eigenvalue weighted by molar-refractivity contribution is -0.00530. The second-order valence-electron chi connectivity index (χ2n) is 19.7. The maximum Gasteiger partial charge on any atom is 0.164 e. The van der Waals surface area contributed by atoms with E-state index >= 15 is 0 Å². The van der Waals surface area contributed by atoms with E-state index in [2.05, 4.69) is 109 Å². The van der Waals surface area contributed by atoms with Crippen LogP contribution in [0.3, 0.4) is 0 Å². The monoisotopic (exact) mass is 754 g/mol. The third kappa shape index (κ3) is 5.95. The highest BCUT2D eigenvalue weighted by molar-refractivity contribution is 5.80. The molecule has 0 spiro atoms. The molecule has 0 amide bonds. The van der Waals surface area contributed by atoms with Crippen LogP contribution in [0.1, 0.15) is 93.7 Å². The molecule has 0 atom stereocenters. The Morgan fingerprint density at radius 2 is 0.776 bits per heavy atom. The molecule has 14 rings (SSSR count). The molecule has 1 heterocycles. The van der Waals surface area contributed by atoms with Crippen LogP contribution in [0.15, 0.2) is 121 Å². The van der Waals surface area contributed by atoms with Gasteiger partial charge in [0.1, 0.15) is 0 Å². The molecule has 0 saturated heterocycles. The van der Waals surface area contributed by atoms with E-state index in [1.807, 2.05) is 18.2 Å². The zero-order valence-corrected chi connectivity index (χ0v) is 33.3. The van der Waals surface area contributed by atoms with Crippen molar-refractivity contribution < 1.29 is 0 Å². The smallest absolute Gasteiger partial charge is 0.164 e. The number of hydrogen-bond donors (Lipinski definition) is 0. The highest BCUT2D eigenvalue weighted by Crippen LogP contribution is 2.62. The average Bonchev–Trinajstić information content (AvgIpc) is 3.25. The first kappa shape index (κ1) is 34.6. The standard InChI is InChI=1S/C54H50N4/c55-33-34-5-4-8-44(23-34)46-24-45(41-6-2-1-3-7-41)25-47(26-46)52-57-50(42-9-13-48(14-10-42)53-27-35-17-36(28-53)19-37(18-35)29-53)56-51(58-52)43-11-15-49(16-12-43)54-30-38-20-39(31-54)22-40(21-38)32-54/h1-16,23-26,35-40H,17-22,27-32H2. The lowest BCUT2D eigenvalue weighted by Gasteiger charge is -2.57. The second kappa shape index (κ2) is 13.3. The molecule has 0 aliphatic heterocycles. The fourth-order valence-corrected chi connectivity index (χ4v) is 14.1. The molecule has 5 aromatic carbocycles. The average molecular weight is 755 g/mol. The van der Waals surface area contributed by atoms with E-state index in [1.54, 1.807) is 0 Å². The zero-order valence-electron chi connectivity index (χ0n) is 33.3. The largest absolute Gasteiger partial charge is 0.208 e. The van der Waals surface area contributed by atoms with Crippen LogP contribution in [-0.2, 0) is 10.8 Å². The molecule has 4 nitrogen and oxygen atoms in total. The summed E-state index contributed by atoms with van der Waals surface area (Å²) in [6.07, 6.45) is 16.9. The molecular formula is C54H50N4. The molecule has 8 saturated carbocycles. The molecule has 1 aromatic heterocycles. The molecule has 4 heteroatoms. The van der Waals surface area contributed by atoms with Gasteiger partial charge in [0.25, 0.3) is 0 Å². The predicted octanol–water partition coefficient (Wildman–Crippen LogP) is 13.0. The van der Waals surface area contributed by atoms with E-state index in [9.17, 15) is 5.26 Å². The minimum atomic E-state index is 0.346. The predicted molar refractivity (Wildman–Crippen MR) is 231 cm³/mol. The zero-order chi connectivity index (χ0) is 38.4. The van der Waals surface area contributed by atoms with Crippen LogP contribution < -0.4 is 0 Å². The van der Waals surface area contributed by atoms with Crippen molar-refractivity contribution in [3.63, 3.8) is 0 Å².